The zero-order valence-electron chi connectivity index (χ0n) is 14.4. The Morgan fingerprint density at radius 3 is 2.79 bits per heavy atom. The van der Waals surface area contributed by atoms with Crippen molar-refractivity contribution in [1.82, 2.24) is 10.2 Å². The van der Waals surface area contributed by atoms with Gasteiger partial charge >= 0.3 is 5.97 Å². The molecular formula is C18H26N2O4. The highest BCUT2D eigenvalue weighted by atomic mass is 16.5. The van der Waals surface area contributed by atoms with Crippen molar-refractivity contribution in [1.29, 1.82) is 0 Å². The molecule has 132 valence electrons. The molecule has 0 bridgehead atoms. The number of aryl methyl sites for hydroxylation is 1. The lowest BCUT2D eigenvalue weighted by atomic mass is 9.97. The number of rotatable bonds is 8. The number of hydrogen-bond donors (Lipinski definition) is 2. The fourth-order valence-corrected chi connectivity index (χ4v) is 3.33. The van der Waals surface area contributed by atoms with Crippen LogP contribution in [0.15, 0.2) is 24.3 Å². The molecule has 1 unspecified atom stereocenters. The van der Waals surface area contributed by atoms with Crippen molar-refractivity contribution in [3.05, 3.63) is 35.4 Å². The Labute approximate surface area is 142 Å². The van der Waals surface area contributed by atoms with E-state index in [1.807, 2.05) is 25.1 Å². The molecule has 1 aromatic carbocycles. The number of nitrogens with zero attached hydrogens (tertiary/aromatic N) is 1. The summed E-state index contributed by atoms with van der Waals surface area (Å²) in [6, 6.07) is 8.08. The van der Waals surface area contributed by atoms with E-state index >= 15 is 0 Å². The number of likely N-dealkylation sites (tertiary alicyclic amines) is 1. The number of methoxy groups -OCH3 is 1. The predicted octanol–water partition coefficient (Wildman–Crippen LogP) is 1.22. The van der Waals surface area contributed by atoms with E-state index in [1.54, 1.807) is 4.90 Å². The molecule has 24 heavy (non-hydrogen) atoms. The summed E-state index contributed by atoms with van der Waals surface area (Å²) in [6.45, 7) is 3.37. The smallest absolute Gasteiger partial charge is 0.326 e. The molecule has 1 aliphatic heterocycles. The van der Waals surface area contributed by atoms with Gasteiger partial charge in [0.05, 0.1) is 13.2 Å². The van der Waals surface area contributed by atoms with Crippen molar-refractivity contribution in [3.8, 4) is 0 Å². The number of hydrogen-bond acceptors (Lipinski definition) is 4. The van der Waals surface area contributed by atoms with Crippen molar-refractivity contribution in [2.75, 3.05) is 33.4 Å². The minimum Gasteiger partial charge on any atom is -0.480 e. The van der Waals surface area contributed by atoms with Gasteiger partial charge in [-0.2, -0.15) is 0 Å². The van der Waals surface area contributed by atoms with E-state index in [9.17, 15) is 14.7 Å². The fourth-order valence-electron chi connectivity index (χ4n) is 3.33. The van der Waals surface area contributed by atoms with Crippen molar-refractivity contribution >= 4 is 11.9 Å². The summed E-state index contributed by atoms with van der Waals surface area (Å²) in [5, 5.41) is 12.5. The minimum absolute atomic E-state index is 0.0867. The van der Waals surface area contributed by atoms with Crippen LogP contribution >= 0.6 is 0 Å². The van der Waals surface area contributed by atoms with Crippen molar-refractivity contribution < 1.29 is 19.4 Å². The van der Waals surface area contributed by atoms with Gasteiger partial charge in [0.25, 0.3) is 0 Å². The third-order valence-electron chi connectivity index (χ3n) is 4.72. The molecule has 6 heteroatoms. The summed E-state index contributed by atoms with van der Waals surface area (Å²) >= 11 is 0. The van der Waals surface area contributed by atoms with Crippen LogP contribution in [0.4, 0.5) is 0 Å². The maximum Gasteiger partial charge on any atom is 0.326 e. The quantitative estimate of drug-likeness (QED) is 0.747. The van der Waals surface area contributed by atoms with Crippen LogP contribution in [0.5, 0.6) is 0 Å². The van der Waals surface area contributed by atoms with Gasteiger partial charge in [-0.15, -0.1) is 0 Å². The summed E-state index contributed by atoms with van der Waals surface area (Å²) in [6.07, 6.45) is 2.03. The number of carboxylic acids is 1. The van der Waals surface area contributed by atoms with Gasteiger partial charge in [0.1, 0.15) is 5.54 Å². The van der Waals surface area contributed by atoms with Gasteiger partial charge in [0, 0.05) is 13.7 Å². The van der Waals surface area contributed by atoms with Crippen molar-refractivity contribution in [2.24, 2.45) is 0 Å². The third kappa shape index (κ3) is 4.13. The zero-order valence-corrected chi connectivity index (χ0v) is 14.4. The lowest BCUT2D eigenvalue weighted by molar-refractivity contribution is -0.153. The van der Waals surface area contributed by atoms with Crippen LogP contribution in [0.2, 0.25) is 0 Å². The molecule has 0 saturated carbocycles. The number of nitrogens with one attached hydrogen (secondary N) is 1. The fraction of sp³-hybridized carbons (Fsp3) is 0.556. The van der Waals surface area contributed by atoms with E-state index in [1.165, 1.54) is 18.2 Å². The third-order valence-corrected chi connectivity index (χ3v) is 4.72. The van der Waals surface area contributed by atoms with Gasteiger partial charge in [-0.3, -0.25) is 14.5 Å². The second-order valence-electron chi connectivity index (χ2n) is 6.32. The predicted molar refractivity (Wildman–Crippen MR) is 90.9 cm³/mol. The summed E-state index contributed by atoms with van der Waals surface area (Å²) in [4.78, 5) is 25.6. The number of carbonyl (C=O) groups is 2. The molecule has 2 N–H and O–H groups in total. The summed E-state index contributed by atoms with van der Waals surface area (Å²) in [7, 11) is 1.49. The van der Waals surface area contributed by atoms with E-state index in [4.69, 9.17) is 4.74 Å². The Balaban J connectivity index is 1.87. The van der Waals surface area contributed by atoms with Crippen LogP contribution in [0.1, 0.15) is 24.0 Å². The normalized spacial score (nSPS) is 20.9. The molecule has 2 rings (SSSR count). The molecule has 1 aromatic rings. The highest BCUT2D eigenvalue weighted by Crippen LogP contribution is 2.29. The summed E-state index contributed by atoms with van der Waals surface area (Å²) in [5.74, 6) is -1.07. The molecule has 1 heterocycles. The maximum atomic E-state index is 12.2. The molecule has 1 amide bonds. The molecule has 0 radical (unpaired) electrons. The lowest BCUT2D eigenvalue weighted by Crippen LogP contribution is -2.56. The van der Waals surface area contributed by atoms with Crippen LogP contribution in [0, 0.1) is 6.92 Å². The topological polar surface area (TPSA) is 78.9 Å². The molecule has 0 spiro atoms. The molecule has 1 fully saturated rings. The first-order valence-corrected chi connectivity index (χ1v) is 8.28. The van der Waals surface area contributed by atoms with Gasteiger partial charge in [-0.1, -0.05) is 24.3 Å². The molecular weight excluding hydrogens is 308 g/mol. The van der Waals surface area contributed by atoms with Gasteiger partial charge in [-0.25, -0.2) is 0 Å². The zero-order chi connectivity index (χ0) is 17.6. The van der Waals surface area contributed by atoms with E-state index in [2.05, 4.69) is 11.4 Å². The van der Waals surface area contributed by atoms with E-state index < -0.39 is 11.5 Å². The van der Waals surface area contributed by atoms with Crippen molar-refractivity contribution in [2.45, 2.75) is 31.7 Å². The Morgan fingerprint density at radius 1 is 1.38 bits per heavy atom. The Morgan fingerprint density at radius 2 is 2.12 bits per heavy atom. The number of aliphatic carboxylic acids is 1. The van der Waals surface area contributed by atoms with Crippen LogP contribution < -0.4 is 5.32 Å². The Bertz CT molecular complexity index is 590. The van der Waals surface area contributed by atoms with Gasteiger partial charge in [-0.05, 0) is 43.9 Å². The maximum absolute atomic E-state index is 12.2. The first-order valence-electron chi connectivity index (χ1n) is 8.28. The van der Waals surface area contributed by atoms with Crippen LogP contribution in [-0.2, 0) is 20.7 Å². The first kappa shape index (κ1) is 18.4. The largest absolute Gasteiger partial charge is 0.480 e. The minimum atomic E-state index is -1.08. The van der Waals surface area contributed by atoms with Crippen LogP contribution in [0.25, 0.3) is 0 Å². The van der Waals surface area contributed by atoms with Gasteiger partial charge in [0.2, 0.25) is 5.91 Å². The van der Waals surface area contributed by atoms with Crippen LogP contribution in [-0.4, -0.2) is 60.8 Å². The number of carbonyl (C=O) groups excluding carboxylic acids is 1. The van der Waals surface area contributed by atoms with E-state index in [0.717, 1.165) is 12.8 Å². The number of carboxylic acid groups (broad SMARTS) is 1. The molecule has 1 aliphatic rings. The van der Waals surface area contributed by atoms with Crippen LogP contribution in [0.3, 0.4) is 0 Å². The number of ether oxygens (including phenoxy) is 1. The second-order valence-corrected chi connectivity index (χ2v) is 6.32. The van der Waals surface area contributed by atoms with E-state index in [-0.39, 0.29) is 19.1 Å². The second kappa shape index (κ2) is 8.26. The highest BCUT2D eigenvalue weighted by Gasteiger charge is 2.48. The monoisotopic (exact) mass is 334 g/mol. The van der Waals surface area contributed by atoms with E-state index in [0.29, 0.717) is 19.5 Å². The summed E-state index contributed by atoms with van der Waals surface area (Å²) < 4.78 is 5.10. The van der Waals surface area contributed by atoms with Crippen molar-refractivity contribution in [3.63, 3.8) is 0 Å². The lowest BCUT2D eigenvalue weighted by Gasteiger charge is -2.33. The molecule has 0 aliphatic carbocycles. The molecule has 0 aromatic heterocycles. The SMILES string of the molecule is COCC1(C(=O)O)CCCN1CC(=O)NCCc1ccccc1C. The summed E-state index contributed by atoms with van der Waals surface area (Å²) in [5.41, 5.74) is 1.33. The molecule has 1 atom stereocenters. The first-order chi connectivity index (χ1) is 11.5. The Kier molecular flexibility index (Phi) is 6.34. The average Bonchev–Trinajstić information content (AvgIpc) is 2.93. The number of amides is 1. The standard InChI is InChI=1S/C18H26N2O4/c1-14-6-3-4-7-15(14)8-10-19-16(21)12-20-11-5-9-18(20,13-24-2)17(22)23/h3-4,6-7H,5,8-13H2,1-2H3,(H,19,21)(H,22,23). The molecule has 6 nitrogen and oxygen atoms in total. The van der Waals surface area contributed by atoms with Gasteiger partial charge in [0.15, 0.2) is 0 Å². The number of benzene rings is 1. The molecule has 1 saturated heterocycles. The Hall–Kier alpha value is -1.92. The average molecular weight is 334 g/mol. The van der Waals surface area contributed by atoms with Gasteiger partial charge < -0.3 is 15.2 Å². The highest BCUT2D eigenvalue weighted by molar-refractivity contribution is 5.82.